The first-order valence-electron chi connectivity index (χ1n) is 5.82. The van der Waals surface area contributed by atoms with Crippen LogP contribution < -0.4 is 10.6 Å². The molecule has 1 aliphatic rings. The van der Waals surface area contributed by atoms with Crippen LogP contribution in [0.1, 0.15) is 39.0 Å². The van der Waals surface area contributed by atoms with Crippen molar-refractivity contribution in [1.82, 2.24) is 10.6 Å². The number of aliphatic hydroxyl groups excluding tert-OH is 1. The molecular weight excluding hydrogens is 208 g/mol. The van der Waals surface area contributed by atoms with E-state index in [2.05, 4.69) is 10.6 Å². The van der Waals surface area contributed by atoms with Crippen LogP contribution in [-0.2, 0) is 9.59 Å². The number of rotatable bonds is 7. The van der Waals surface area contributed by atoms with Gasteiger partial charge in [0.25, 0.3) is 0 Å². The van der Waals surface area contributed by atoms with Crippen molar-refractivity contribution in [3.8, 4) is 0 Å². The fraction of sp³-hybridized carbons (Fsp3) is 0.818. The third-order valence-electron chi connectivity index (χ3n) is 2.41. The van der Waals surface area contributed by atoms with Gasteiger partial charge in [-0.15, -0.1) is 0 Å². The highest BCUT2D eigenvalue weighted by Gasteiger charge is 2.22. The molecule has 1 atom stereocenters. The zero-order valence-electron chi connectivity index (χ0n) is 9.66. The molecule has 1 fully saturated rings. The molecule has 0 spiro atoms. The number of hydrogen-bond acceptors (Lipinski definition) is 3. The zero-order valence-corrected chi connectivity index (χ0v) is 9.66. The molecule has 0 heterocycles. The Bertz CT molecular complexity index is 250. The Hall–Kier alpha value is -1.10. The topological polar surface area (TPSA) is 78.4 Å². The summed E-state index contributed by atoms with van der Waals surface area (Å²) in [4.78, 5) is 22.4. The summed E-state index contributed by atoms with van der Waals surface area (Å²) in [6.45, 7) is 2.02. The van der Waals surface area contributed by atoms with E-state index in [0.717, 1.165) is 12.8 Å². The molecule has 0 bridgehead atoms. The molecule has 1 saturated carbocycles. The summed E-state index contributed by atoms with van der Waals surface area (Å²) < 4.78 is 0. The molecule has 0 aliphatic heterocycles. The van der Waals surface area contributed by atoms with Crippen LogP contribution in [0.4, 0.5) is 0 Å². The van der Waals surface area contributed by atoms with Gasteiger partial charge >= 0.3 is 0 Å². The van der Waals surface area contributed by atoms with Gasteiger partial charge in [0.1, 0.15) is 0 Å². The Balaban J connectivity index is 1.96. The predicted molar refractivity (Wildman–Crippen MR) is 59.7 cm³/mol. The van der Waals surface area contributed by atoms with Crippen molar-refractivity contribution in [3.63, 3.8) is 0 Å². The summed E-state index contributed by atoms with van der Waals surface area (Å²) in [5.41, 5.74) is 0. The summed E-state index contributed by atoms with van der Waals surface area (Å²) in [5.74, 6) is -0.113. The minimum absolute atomic E-state index is 0.00155. The van der Waals surface area contributed by atoms with Gasteiger partial charge < -0.3 is 15.7 Å². The van der Waals surface area contributed by atoms with E-state index >= 15 is 0 Å². The van der Waals surface area contributed by atoms with Crippen molar-refractivity contribution < 1.29 is 14.7 Å². The van der Waals surface area contributed by atoms with Crippen molar-refractivity contribution in [2.24, 2.45) is 0 Å². The lowest BCUT2D eigenvalue weighted by Gasteiger charge is -2.06. The molecule has 1 aliphatic carbocycles. The second-order valence-electron chi connectivity index (χ2n) is 4.33. The number of carbonyl (C=O) groups is 2. The van der Waals surface area contributed by atoms with E-state index in [4.69, 9.17) is 5.11 Å². The van der Waals surface area contributed by atoms with E-state index in [1.807, 2.05) is 0 Å². The Labute approximate surface area is 95.6 Å². The normalized spacial score (nSPS) is 16.6. The Morgan fingerprint density at radius 1 is 1.31 bits per heavy atom. The second-order valence-corrected chi connectivity index (χ2v) is 4.33. The first-order chi connectivity index (χ1) is 7.58. The van der Waals surface area contributed by atoms with Gasteiger partial charge in [0, 0.05) is 25.4 Å². The van der Waals surface area contributed by atoms with Crippen LogP contribution in [0.2, 0.25) is 0 Å². The molecule has 3 N–H and O–H groups in total. The van der Waals surface area contributed by atoms with Crippen molar-refractivity contribution in [2.45, 2.75) is 51.2 Å². The molecule has 1 unspecified atom stereocenters. The molecule has 0 aromatic carbocycles. The molecule has 0 radical (unpaired) electrons. The van der Waals surface area contributed by atoms with Gasteiger partial charge in [-0.05, 0) is 26.2 Å². The van der Waals surface area contributed by atoms with Gasteiger partial charge in [0.2, 0.25) is 11.8 Å². The fourth-order valence-corrected chi connectivity index (χ4v) is 1.27. The lowest BCUT2D eigenvalue weighted by atomic mass is 10.2. The van der Waals surface area contributed by atoms with Gasteiger partial charge in [-0.3, -0.25) is 9.59 Å². The number of carbonyl (C=O) groups excluding carboxylic acids is 2. The third kappa shape index (κ3) is 6.40. The third-order valence-corrected chi connectivity index (χ3v) is 2.41. The average Bonchev–Trinajstić information content (AvgIpc) is 2.98. The predicted octanol–water partition coefficient (Wildman–Crippen LogP) is -0.0677. The number of amides is 2. The largest absolute Gasteiger partial charge is 0.393 e. The minimum atomic E-state index is -0.455. The molecule has 0 saturated heterocycles. The van der Waals surface area contributed by atoms with Crippen molar-refractivity contribution in [3.05, 3.63) is 0 Å². The summed E-state index contributed by atoms with van der Waals surface area (Å²) in [7, 11) is 0. The van der Waals surface area contributed by atoms with E-state index < -0.39 is 6.10 Å². The maximum Gasteiger partial charge on any atom is 0.221 e. The molecule has 16 heavy (non-hydrogen) atoms. The number of nitrogens with one attached hydrogen (secondary N) is 2. The Morgan fingerprint density at radius 3 is 2.56 bits per heavy atom. The second kappa shape index (κ2) is 6.48. The summed E-state index contributed by atoms with van der Waals surface area (Å²) in [6.07, 6.45) is 2.79. The lowest BCUT2D eigenvalue weighted by molar-refractivity contribution is -0.122. The number of hydrogen-bond donors (Lipinski definition) is 3. The smallest absolute Gasteiger partial charge is 0.221 e. The lowest BCUT2D eigenvalue weighted by Crippen LogP contribution is -2.31. The van der Waals surface area contributed by atoms with E-state index in [-0.39, 0.29) is 11.8 Å². The summed E-state index contributed by atoms with van der Waals surface area (Å²) in [5, 5.41) is 14.5. The first kappa shape index (κ1) is 13.0. The maximum absolute atomic E-state index is 11.2. The van der Waals surface area contributed by atoms with E-state index in [9.17, 15) is 9.59 Å². The van der Waals surface area contributed by atoms with E-state index in [1.165, 1.54) is 0 Å². The average molecular weight is 228 g/mol. The van der Waals surface area contributed by atoms with Crippen LogP contribution in [0.5, 0.6) is 0 Å². The van der Waals surface area contributed by atoms with E-state index in [0.29, 0.717) is 31.8 Å². The highest BCUT2D eigenvalue weighted by atomic mass is 16.3. The van der Waals surface area contributed by atoms with Crippen LogP contribution in [0, 0.1) is 0 Å². The molecule has 2 amide bonds. The monoisotopic (exact) mass is 228 g/mol. The molecule has 92 valence electrons. The van der Waals surface area contributed by atoms with Crippen LogP contribution in [0.25, 0.3) is 0 Å². The maximum atomic E-state index is 11.2. The van der Waals surface area contributed by atoms with Gasteiger partial charge in [-0.25, -0.2) is 0 Å². The first-order valence-corrected chi connectivity index (χ1v) is 5.82. The van der Waals surface area contributed by atoms with Gasteiger partial charge in [0.05, 0.1) is 6.10 Å². The van der Waals surface area contributed by atoms with E-state index in [1.54, 1.807) is 6.92 Å². The number of aliphatic hydroxyl groups is 1. The van der Waals surface area contributed by atoms with Crippen LogP contribution in [-0.4, -0.2) is 35.6 Å². The molecule has 1 rings (SSSR count). The van der Waals surface area contributed by atoms with Crippen molar-refractivity contribution in [1.29, 1.82) is 0 Å². The van der Waals surface area contributed by atoms with Crippen molar-refractivity contribution in [2.75, 3.05) is 6.54 Å². The molecule has 5 heteroatoms. The van der Waals surface area contributed by atoms with Crippen LogP contribution in [0.15, 0.2) is 0 Å². The summed E-state index contributed by atoms with van der Waals surface area (Å²) in [6, 6.07) is 0.374. The Kier molecular flexibility index (Phi) is 5.25. The fourth-order valence-electron chi connectivity index (χ4n) is 1.27. The Morgan fingerprint density at radius 2 is 2.00 bits per heavy atom. The molecule has 0 aromatic rings. The minimum Gasteiger partial charge on any atom is -0.393 e. The molecular formula is C11H20N2O3. The van der Waals surface area contributed by atoms with Gasteiger partial charge in [0.15, 0.2) is 0 Å². The van der Waals surface area contributed by atoms with Crippen molar-refractivity contribution >= 4 is 11.8 Å². The summed E-state index contributed by atoms with van der Waals surface area (Å²) >= 11 is 0. The SMILES string of the molecule is CC(O)CCC(=O)NCCC(=O)NC1CC1. The van der Waals surface area contributed by atoms with Gasteiger partial charge in [-0.1, -0.05) is 0 Å². The highest BCUT2D eigenvalue weighted by Crippen LogP contribution is 2.18. The van der Waals surface area contributed by atoms with Crippen LogP contribution >= 0.6 is 0 Å². The quantitative estimate of drug-likeness (QED) is 0.571. The highest BCUT2D eigenvalue weighted by molar-refractivity contribution is 5.79. The standard InChI is InChI=1S/C11H20N2O3/c1-8(14)2-5-10(15)12-7-6-11(16)13-9-3-4-9/h8-9,14H,2-7H2,1H3,(H,12,15)(H,13,16). The zero-order chi connectivity index (χ0) is 12.0. The molecule has 0 aromatic heterocycles. The molecule has 5 nitrogen and oxygen atoms in total. The van der Waals surface area contributed by atoms with Crippen LogP contribution in [0.3, 0.4) is 0 Å². The van der Waals surface area contributed by atoms with Gasteiger partial charge in [-0.2, -0.15) is 0 Å².